The molecule has 1 saturated heterocycles. The maximum Gasteiger partial charge on any atom is 0.237 e. The van der Waals surface area contributed by atoms with E-state index in [2.05, 4.69) is 20.4 Å². The van der Waals surface area contributed by atoms with E-state index < -0.39 is 0 Å². The van der Waals surface area contributed by atoms with Gasteiger partial charge < -0.3 is 14.6 Å². The second-order valence-electron chi connectivity index (χ2n) is 8.33. The molecule has 0 aliphatic carbocycles. The van der Waals surface area contributed by atoms with E-state index >= 15 is 0 Å². The number of nitrogens with one attached hydrogen (secondary N) is 1. The van der Waals surface area contributed by atoms with Crippen LogP contribution in [0.25, 0.3) is 11.3 Å². The average molecular weight is 418 g/mol. The summed E-state index contributed by atoms with van der Waals surface area (Å²) in [4.78, 5) is 19.3. The predicted octanol–water partition coefficient (Wildman–Crippen LogP) is 3.99. The molecule has 1 aromatic carbocycles. The van der Waals surface area contributed by atoms with E-state index in [1.54, 1.807) is 6.20 Å². The molecule has 1 N–H and O–H groups in total. The quantitative estimate of drug-likeness (QED) is 0.693. The molecule has 2 aliphatic rings. The molecule has 1 amide bonds. The molecule has 1 fully saturated rings. The fraction of sp³-hybridized carbons (Fsp3) is 0.375. The summed E-state index contributed by atoms with van der Waals surface area (Å²) in [6, 6.07) is 15.7. The summed E-state index contributed by atoms with van der Waals surface area (Å²) in [6.07, 6.45) is 4.10. The van der Waals surface area contributed by atoms with Crippen molar-refractivity contribution in [2.75, 3.05) is 25.0 Å². The summed E-state index contributed by atoms with van der Waals surface area (Å²) >= 11 is 0. The second kappa shape index (κ2) is 8.89. The van der Waals surface area contributed by atoms with Crippen molar-refractivity contribution < 1.29 is 14.1 Å². The molecule has 2 aliphatic heterocycles. The van der Waals surface area contributed by atoms with E-state index in [9.17, 15) is 4.79 Å². The van der Waals surface area contributed by atoms with Crippen molar-refractivity contribution in [2.24, 2.45) is 11.8 Å². The Morgan fingerprint density at radius 2 is 2.00 bits per heavy atom. The van der Waals surface area contributed by atoms with Crippen molar-refractivity contribution in [3.05, 3.63) is 60.5 Å². The number of carbonyl (C=O) groups is 1. The van der Waals surface area contributed by atoms with Gasteiger partial charge in [0, 0.05) is 30.8 Å². The van der Waals surface area contributed by atoms with Crippen LogP contribution in [0.3, 0.4) is 0 Å². The summed E-state index contributed by atoms with van der Waals surface area (Å²) in [5.74, 6) is 2.14. The number of benzene rings is 1. The standard InChI is InChI=1S/C24H26N4O3/c29-23-13-18-8-11-28(16-20-14-22(27-31-20)17-5-2-1-3-6-17)15-19(18)9-12-30-24-21(26-23)7-4-10-25-24/h1-7,10,14,18-19H,8-9,11-13,15-16H2,(H,26,29)/t18-,19-/m0/s1. The largest absolute Gasteiger partial charge is 0.476 e. The third kappa shape index (κ3) is 4.61. The number of rotatable bonds is 3. The first kappa shape index (κ1) is 19.8. The fourth-order valence-corrected chi connectivity index (χ4v) is 4.60. The van der Waals surface area contributed by atoms with Gasteiger partial charge in [0.1, 0.15) is 11.4 Å². The van der Waals surface area contributed by atoms with Crippen LogP contribution in [-0.4, -0.2) is 40.6 Å². The van der Waals surface area contributed by atoms with Gasteiger partial charge in [0.25, 0.3) is 0 Å². The predicted molar refractivity (Wildman–Crippen MR) is 116 cm³/mol. The summed E-state index contributed by atoms with van der Waals surface area (Å²) in [6.45, 7) is 3.17. The molecule has 2 aromatic heterocycles. The Morgan fingerprint density at radius 3 is 2.90 bits per heavy atom. The van der Waals surface area contributed by atoms with Gasteiger partial charge >= 0.3 is 0 Å². The van der Waals surface area contributed by atoms with Crippen LogP contribution in [-0.2, 0) is 11.3 Å². The van der Waals surface area contributed by atoms with Gasteiger partial charge in [-0.15, -0.1) is 0 Å². The number of nitrogens with zero attached hydrogens (tertiary/aromatic N) is 3. The minimum absolute atomic E-state index is 0.0333. The molecule has 0 unspecified atom stereocenters. The van der Waals surface area contributed by atoms with Crippen LogP contribution < -0.4 is 10.1 Å². The number of likely N-dealkylation sites (tertiary alicyclic amines) is 1. The van der Waals surface area contributed by atoms with Crippen molar-refractivity contribution in [3.8, 4) is 17.1 Å². The Hall–Kier alpha value is -3.19. The molecule has 5 rings (SSSR count). The number of piperidine rings is 1. The van der Waals surface area contributed by atoms with E-state index in [-0.39, 0.29) is 5.91 Å². The molecular weight excluding hydrogens is 392 g/mol. The third-order valence-corrected chi connectivity index (χ3v) is 6.20. The molecule has 3 aromatic rings. The van der Waals surface area contributed by atoms with Crippen LogP contribution in [0.2, 0.25) is 0 Å². The van der Waals surface area contributed by atoms with Gasteiger partial charge in [0.05, 0.1) is 13.2 Å². The zero-order valence-corrected chi connectivity index (χ0v) is 17.4. The monoisotopic (exact) mass is 418 g/mol. The van der Waals surface area contributed by atoms with Crippen LogP contribution in [0, 0.1) is 11.8 Å². The summed E-state index contributed by atoms with van der Waals surface area (Å²) < 4.78 is 11.5. The van der Waals surface area contributed by atoms with Crippen LogP contribution in [0.5, 0.6) is 5.88 Å². The number of pyridine rings is 1. The number of amides is 1. The van der Waals surface area contributed by atoms with Gasteiger partial charge in [-0.3, -0.25) is 9.69 Å². The highest BCUT2D eigenvalue weighted by Crippen LogP contribution is 2.33. The van der Waals surface area contributed by atoms with Gasteiger partial charge in [-0.2, -0.15) is 0 Å². The topological polar surface area (TPSA) is 80.5 Å². The molecule has 2 atom stereocenters. The molecule has 160 valence electrons. The van der Waals surface area contributed by atoms with E-state index in [1.807, 2.05) is 48.5 Å². The van der Waals surface area contributed by atoms with Crippen molar-refractivity contribution in [1.29, 1.82) is 0 Å². The highest BCUT2D eigenvalue weighted by atomic mass is 16.5. The maximum absolute atomic E-state index is 12.6. The number of hydrogen-bond donors (Lipinski definition) is 1. The number of aromatic nitrogens is 2. The number of anilines is 1. The Bertz CT molecular complexity index is 1040. The van der Waals surface area contributed by atoms with E-state index in [4.69, 9.17) is 9.26 Å². The van der Waals surface area contributed by atoms with Crippen molar-refractivity contribution in [3.63, 3.8) is 0 Å². The number of fused-ring (bicyclic) bond motifs is 2. The Morgan fingerprint density at radius 1 is 1.10 bits per heavy atom. The van der Waals surface area contributed by atoms with E-state index in [0.29, 0.717) is 36.4 Å². The summed E-state index contributed by atoms with van der Waals surface area (Å²) in [5, 5.41) is 7.20. The SMILES string of the molecule is O=C1C[C@@H]2CCN(Cc3cc(-c4ccccc4)no3)C[C@@H]2CCOc2ncccc2N1. The lowest BCUT2D eigenvalue weighted by Crippen LogP contribution is -2.42. The van der Waals surface area contributed by atoms with E-state index in [1.165, 1.54) is 0 Å². The number of ether oxygens (including phenoxy) is 1. The smallest absolute Gasteiger partial charge is 0.237 e. The molecule has 0 radical (unpaired) electrons. The van der Waals surface area contributed by atoms with Gasteiger partial charge in [-0.05, 0) is 43.4 Å². The van der Waals surface area contributed by atoms with Crippen LogP contribution in [0.1, 0.15) is 25.0 Å². The normalized spacial score (nSPS) is 22.0. The van der Waals surface area contributed by atoms with Crippen molar-refractivity contribution >= 4 is 11.6 Å². The summed E-state index contributed by atoms with van der Waals surface area (Å²) in [5.41, 5.74) is 2.57. The first-order valence-corrected chi connectivity index (χ1v) is 10.9. The van der Waals surface area contributed by atoms with Gasteiger partial charge in [0.15, 0.2) is 5.76 Å². The molecule has 4 heterocycles. The zero-order chi connectivity index (χ0) is 21.0. The molecule has 31 heavy (non-hydrogen) atoms. The molecule has 7 nitrogen and oxygen atoms in total. The molecule has 0 saturated carbocycles. The third-order valence-electron chi connectivity index (χ3n) is 6.20. The Labute approximate surface area is 181 Å². The van der Waals surface area contributed by atoms with Crippen LogP contribution >= 0.6 is 0 Å². The Balaban J connectivity index is 1.24. The number of carbonyl (C=O) groups excluding carboxylic acids is 1. The fourth-order valence-electron chi connectivity index (χ4n) is 4.60. The second-order valence-corrected chi connectivity index (χ2v) is 8.33. The molecule has 0 spiro atoms. The highest BCUT2D eigenvalue weighted by molar-refractivity contribution is 5.92. The minimum atomic E-state index is 0.0333. The lowest BCUT2D eigenvalue weighted by molar-refractivity contribution is -0.118. The van der Waals surface area contributed by atoms with Crippen LogP contribution in [0.15, 0.2) is 59.3 Å². The maximum atomic E-state index is 12.6. The highest BCUT2D eigenvalue weighted by Gasteiger charge is 2.32. The van der Waals surface area contributed by atoms with Gasteiger partial charge in [-0.1, -0.05) is 35.5 Å². The van der Waals surface area contributed by atoms with Gasteiger partial charge in [-0.25, -0.2) is 4.98 Å². The van der Waals surface area contributed by atoms with Crippen LogP contribution in [0.4, 0.5) is 5.69 Å². The molecular formula is C24H26N4O3. The Kier molecular flexibility index (Phi) is 5.67. The lowest BCUT2D eigenvalue weighted by Gasteiger charge is -2.38. The number of hydrogen-bond acceptors (Lipinski definition) is 6. The van der Waals surface area contributed by atoms with Gasteiger partial charge in [0.2, 0.25) is 11.8 Å². The zero-order valence-electron chi connectivity index (χ0n) is 17.4. The lowest BCUT2D eigenvalue weighted by atomic mass is 9.81. The first-order chi connectivity index (χ1) is 15.2. The summed E-state index contributed by atoms with van der Waals surface area (Å²) in [7, 11) is 0. The van der Waals surface area contributed by atoms with Crippen molar-refractivity contribution in [2.45, 2.75) is 25.8 Å². The molecule has 7 heteroatoms. The molecule has 0 bridgehead atoms. The minimum Gasteiger partial charge on any atom is -0.476 e. The van der Waals surface area contributed by atoms with E-state index in [0.717, 1.165) is 49.5 Å². The van der Waals surface area contributed by atoms with Crippen molar-refractivity contribution in [1.82, 2.24) is 15.0 Å². The first-order valence-electron chi connectivity index (χ1n) is 10.9. The average Bonchev–Trinajstić information content (AvgIpc) is 3.25.